The molecule has 0 N–H and O–H groups in total. The van der Waals surface area contributed by atoms with Crippen molar-refractivity contribution in [3.63, 3.8) is 0 Å². The van der Waals surface area contributed by atoms with Crippen molar-refractivity contribution in [1.82, 2.24) is 15.0 Å². The lowest BCUT2D eigenvalue weighted by Crippen LogP contribution is -2.28. The second-order valence-corrected chi connectivity index (χ2v) is 13.4. The third-order valence-electron chi connectivity index (χ3n) is 10.6. The van der Waals surface area contributed by atoms with E-state index in [9.17, 15) is 5.26 Å². The fourth-order valence-electron chi connectivity index (χ4n) is 8.13. The molecule has 1 saturated carbocycles. The summed E-state index contributed by atoms with van der Waals surface area (Å²) in [5.41, 5.74) is 13.1. The summed E-state index contributed by atoms with van der Waals surface area (Å²) in [5.74, 6) is 1.93. The first-order chi connectivity index (χ1) is 24.7. The lowest BCUT2D eigenvalue weighted by atomic mass is 9.67. The van der Waals surface area contributed by atoms with Crippen molar-refractivity contribution >= 4 is 0 Å². The number of nitriles is 1. The Hall–Kier alpha value is -6.18. The third-order valence-corrected chi connectivity index (χ3v) is 10.6. The number of nitrogens with zero attached hydrogens (tertiary/aromatic N) is 4. The van der Waals surface area contributed by atoms with E-state index in [0.29, 0.717) is 23.0 Å². The Morgan fingerprint density at radius 2 is 0.960 bits per heavy atom. The quantitative estimate of drug-likeness (QED) is 0.187. The third kappa shape index (κ3) is 5.11. The van der Waals surface area contributed by atoms with E-state index in [2.05, 4.69) is 133 Å². The molecule has 4 nitrogen and oxygen atoms in total. The van der Waals surface area contributed by atoms with Crippen molar-refractivity contribution in [3.8, 4) is 73.6 Å². The van der Waals surface area contributed by atoms with Crippen LogP contribution in [0.2, 0.25) is 0 Å². The van der Waals surface area contributed by atoms with Gasteiger partial charge in [0.25, 0.3) is 0 Å². The molecule has 1 spiro atoms. The SMILES string of the molecule is N#Cc1ccc2c(c1)C1(CCCCC1)c1cccc(-c3nc(-c4ccc(-c5ccccc5)cc4)nc(-c4ccc(-c5ccccc5)cc4)n3)c1-2. The number of rotatable bonds is 5. The van der Waals surface area contributed by atoms with Crippen molar-refractivity contribution in [3.05, 3.63) is 162 Å². The van der Waals surface area contributed by atoms with Gasteiger partial charge < -0.3 is 0 Å². The van der Waals surface area contributed by atoms with E-state index in [0.717, 1.165) is 40.7 Å². The van der Waals surface area contributed by atoms with Gasteiger partial charge in [0.05, 0.1) is 11.6 Å². The molecule has 2 aliphatic rings. The van der Waals surface area contributed by atoms with Crippen LogP contribution in [-0.4, -0.2) is 15.0 Å². The van der Waals surface area contributed by atoms with E-state index >= 15 is 0 Å². The van der Waals surface area contributed by atoms with Crippen molar-refractivity contribution < 1.29 is 0 Å². The van der Waals surface area contributed by atoms with Crippen LogP contribution in [-0.2, 0) is 5.41 Å². The maximum atomic E-state index is 9.87. The number of hydrogen-bond acceptors (Lipinski definition) is 4. The lowest BCUT2D eigenvalue weighted by Gasteiger charge is -2.36. The molecular weight excluding hydrogens is 609 g/mol. The van der Waals surface area contributed by atoms with Gasteiger partial charge in [0.2, 0.25) is 0 Å². The predicted octanol–water partition coefficient (Wildman–Crippen LogP) is 11.3. The zero-order valence-electron chi connectivity index (χ0n) is 27.7. The maximum absolute atomic E-state index is 9.87. The minimum absolute atomic E-state index is 0.0922. The standard InChI is InChI=1S/C46H34N4/c47-30-31-17-26-38-41(29-31)46(27-8-3-9-28-46)40-16-10-15-39(42(38)40)45-49-43(36-22-18-34(19-23-36)32-11-4-1-5-12-32)48-44(50-45)37-24-20-35(21-25-37)33-13-6-2-7-14-33/h1-2,4-7,10-26,29H,3,8-9,27-28H2. The maximum Gasteiger partial charge on any atom is 0.164 e. The highest BCUT2D eigenvalue weighted by atomic mass is 15.0. The van der Waals surface area contributed by atoms with Crippen LogP contribution in [0.15, 0.2) is 146 Å². The molecule has 0 radical (unpaired) electrons. The summed E-state index contributed by atoms with van der Waals surface area (Å²) in [4.78, 5) is 15.5. The molecule has 238 valence electrons. The average molecular weight is 643 g/mol. The molecule has 7 aromatic rings. The summed E-state index contributed by atoms with van der Waals surface area (Å²) >= 11 is 0. The largest absolute Gasteiger partial charge is 0.208 e. The second kappa shape index (κ2) is 12.4. The zero-order chi connectivity index (χ0) is 33.5. The monoisotopic (exact) mass is 642 g/mol. The van der Waals surface area contributed by atoms with Crippen LogP contribution in [0, 0.1) is 11.3 Å². The van der Waals surface area contributed by atoms with Gasteiger partial charge in [-0.3, -0.25) is 0 Å². The number of benzene rings is 6. The van der Waals surface area contributed by atoms with Gasteiger partial charge in [-0.25, -0.2) is 15.0 Å². The van der Waals surface area contributed by atoms with Crippen molar-refractivity contribution in [2.75, 3.05) is 0 Å². The van der Waals surface area contributed by atoms with Gasteiger partial charge in [0, 0.05) is 22.1 Å². The summed E-state index contributed by atoms with van der Waals surface area (Å²) in [6.45, 7) is 0. The molecular formula is C46H34N4. The molecule has 1 aromatic heterocycles. The summed E-state index contributed by atoms with van der Waals surface area (Å²) in [5, 5.41) is 9.87. The first-order valence-corrected chi connectivity index (χ1v) is 17.5. The molecule has 0 bridgehead atoms. The fraction of sp³-hybridized carbons (Fsp3) is 0.130. The van der Waals surface area contributed by atoms with E-state index < -0.39 is 0 Å². The minimum atomic E-state index is -0.0922. The number of hydrogen-bond donors (Lipinski definition) is 0. The van der Waals surface area contributed by atoms with E-state index in [4.69, 9.17) is 15.0 Å². The van der Waals surface area contributed by atoms with Crippen molar-refractivity contribution in [1.29, 1.82) is 5.26 Å². The van der Waals surface area contributed by atoms with Crippen LogP contribution in [0.1, 0.15) is 48.8 Å². The Labute approximate surface area is 292 Å². The van der Waals surface area contributed by atoms with Crippen LogP contribution in [0.25, 0.3) is 67.5 Å². The highest BCUT2D eigenvalue weighted by molar-refractivity contribution is 5.92. The van der Waals surface area contributed by atoms with E-state index in [1.54, 1.807) is 0 Å². The van der Waals surface area contributed by atoms with Gasteiger partial charge in [-0.05, 0) is 69.5 Å². The Balaban J connectivity index is 1.22. The number of aromatic nitrogens is 3. The average Bonchev–Trinajstić information content (AvgIpc) is 3.46. The van der Waals surface area contributed by atoms with Gasteiger partial charge >= 0.3 is 0 Å². The molecule has 0 saturated heterocycles. The number of fused-ring (bicyclic) bond motifs is 5. The Morgan fingerprint density at radius 3 is 1.52 bits per heavy atom. The van der Waals surface area contributed by atoms with Crippen LogP contribution in [0.4, 0.5) is 0 Å². The molecule has 9 rings (SSSR count). The first-order valence-electron chi connectivity index (χ1n) is 17.5. The van der Waals surface area contributed by atoms with Crippen LogP contribution in [0.5, 0.6) is 0 Å². The fourth-order valence-corrected chi connectivity index (χ4v) is 8.13. The van der Waals surface area contributed by atoms with Crippen LogP contribution in [0.3, 0.4) is 0 Å². The highest BCUT2D eigenvalue weighted by Crippen LogP contribution is 2.57. The van der Waals surface area contributed by atoms with Gasteiger partial charge in [-0.2, -0.15) is 5.26 Å². The van der Waals surface area contributed by atoms with Gasteiger partial charge in [0.15, 0.2) is 17.5 Å². The van der Waals surface area contributed by atoms with E-state index in [1.165, 1.54) is 52.6 Å². The summed E-state index contributed by atoms with van der Waals surface area (Å²) in [6.07, 6.45) is 5.77. The summed E-state index contributed by atoms with van der Waals surface area (Å²) < 4.78 is 0. The van der Waals surface area contributed by atoms with E-state index in [1.807, 2.05) is 18.2 Å². The Bertz CT molecular complexity index is 2280. The smallest absolute Gasteiger partial charge is 0.164 e. The van der Waals surface area contributed by atoms with Crippen molar-refractivity contribution in [2.45, 2.75) is 37.5 Å². The molecule has 1 heterocycles. The first kappa shape index (κ1) is 29.9. The topological polar surface area (TPSA) is 62.5 Å². The van der Waals surface area contributed by atoms with Crippen LogP contribution < -0.4 is 0 Å². The van der Waals surface area contributed by atoms with Gasteiger partial charge in [-0.1, -0.05) is 153 Å². The summed E-state index contributed by atoms with van der Waals surface area (Å²) in [7, 11) is 0. The normalized spacial score (nSPS) is 14.1. The minimum Gasteiger partial charge on any atom is -0.208 e. The predicted molar refractivity (Wildman–Crippen MR) is 201 cm³/mol. The van der Waals surface area contributed by atoms with Gasteiger partial charge in [0.1, 0.15) is 0 Å². The molecule has 6 aromatic carbocycles. The molecule has 0 atom stereocenters. The van der Waals surface area contributed by atoms with E-state index in [-0.39, 0.29) is 5.41 Å². The lowest BCUT2D eigenvalue weighted by molar-refractivity contribution is 0.353. The second-order valence-electron chi connectivity index (χ2n) is 13.4. The molecule has 4 heteroatoms. The molecule has 2 aliphatic carbocycles. The Morgan fingerprint density at radius 1 is 0.440 bits per heavy atom. The highest BCUT2D eigenvalue weighted by Gasteiger charge is 2.45. The van der Waals surface area contributed by atoms with Crippen molar-refractivity contribution in [2.24, 2.45) is 0 Å². The Kier molecular flexibility index (Phi) is 7.40. The molecule has 0 unspecified atom stereocenters. The zero-order valence-corrected chi connectivity index (χ0v) is 27.7. The molecule has 0 amide bonds. The van der Waals surface area contributed by atoms with Gasteiger partial charge in [-0.15, -0.1) is 0 Å². The molecule has 50 heavy (non-hydrogen) atoms. The molecule has 1 fully saturated rings. The summed E-state index contributed by atoms with van der Waals surface area (Å²) in [6, 6.07) is 53.0. The molecule has 0 aliphatic heterocycles. The van der Waals surface area contributed by atoms with Crippen LogP contribution >= 0.6 is 0 Å².